The molecule has 0 aliphatic carbocycles. The number of non-ortho nitro benzene ring substituents is 1. The Kier molecular flexibility index (Phi) is 6.06. The number of rotatable bonds is 5. The van der Waals surface area contributed by atoms with E-state index in [4.69, 9.17) is 4.74 Å². The monoisotopic (exact) mass is 401 g/mol. The second-order valence-electron chi connectivity index (χ2n) is 6.71. The van der Waals surface area contributed by atoms with Gasteiger partial charge in [0.05, 0.1) is 17.7 Å². The fraction of sp³-hybridized carbons (Fsp3) is 0.300. The van der Waals surface area contributed by atoms with Gasteiger partial charge in [0.15, 0.2) is 0 Å². The number of nitrogens with zero attached hydrogens (tertiary/aromatic N) is 2. The van der Waals surface area contributed by atoms with Crippen LogP contribution < -0.4 is 10.1 Å². The predicted octanol–water partition coefficient (Wildman–Crippen LogP) is 3.23. The molecule has 9 heteroatoms. The molecule has 0 spiro atoms. The zero-order valence-corrected chi connectivity index (χ0v) is 15.8. The summed E-state index contributed by atoms with van der Waals surface area (Å²) in [6, 6.07) is 9.47. The van der Waals surface area contributed by atoms with E-state index in [0.717, 1.165) is 0 Å². The maximum absolute atomic E-state index is 13.3. The normalized spacial score (nSPS) is 14.3. The third kappa shape index (κ3) is 4.68. The number of piperidine rings is 1. The van der Waals surface area contributed by atoms with Crippen molar-refractivity contribution in [2.75, 3.05) is 25.5 Å². The lowest BCUT2D eigenvalue weighted by Crippen LogP contribution is -2.41. The smallest absolute Gasteiger partial charge is 0.271 e. The van der Waals surface area contributed by atoms with Crippen LogP contribution in [0.2, 0.25) is 0 Å². The number of benzene rings is 2. The van der Waals surface area contributed by atoms with Crippen LogP contribution in [0.3, 0.4) is 0 Å². The van der Waals surface area contributed by atoms with Gasteiger partial charge in [-0.15, -0.1) is 0 Å². The van der Waals surface area contributed by atoms with Gasteiger partial charge >= 0.3 is 0 Å². The lowest BCUT2D eigenvalue weighted by Gasteiger charge is -2.31. The van der Waals surface area contributed by atoms with Crippen LogP contribution in [-0.2, 0) is 4.79 Å². The van der Waals surface area contributed by atoms with Crippen molar-refractivity contribution in [3.8, 4) is 5.75 Å². The van der Waals surface area contributed by atoms with Crippen molar-refractivity contribution in [1.29, 1.82) is 0 Å². The molecule has 0 bridgehead atoms. The number of carbonyl (C=O) groups excluding carboxylic acids is 2. The molecule has 2 aromatic carbocycles. The quantitative estimate of drug-likeness (QED) is 0.612. The number of likely N-dealkylation sites (tertiary alicyclic amines) is 1. The first-order chi connectivity index (χ1) is 13.9. The largest absolute Gasteiger partial charge is 0.495 e. The second kappa shape index (κ2) is 8.68. The number of anilines is 1. The van der Waals surface area contributed by atoms with E-state index in [0.29, 0.717) is 31.7 Å². The first kappa shape index (κ1) is 20.2. The summed E-state index contributed by atoms with van der Waals surface area (Å²) in [4.78, 5) is 37.1. The molecule has 1 fully saturated rings. The topological polar surface area (TPSA) is 102 Å². The van der Waals surface area contributed by atoms with E-state index in [2.05, 4.69) is 5.32 Å². The van der Waals surface area contributed by atoms with Crippen LogP contribution in [-0.4, -0.2) is 41.8 Å². The predicted molar refractivity (Wildman–Crippen MR) is 103 cm³/mol. The zero-order chi connectivity index (χ0) is 21.0. The highest BCUT2D eigenvalue weighted by Gasteiger charge is 2.28. The van der Waals surface area contributed by atoms with E-state index in [1.807, 2.05) is 0 Å². The lowest BCUT2D eigenvalue weighted by atomic mass is 9.95. The molecule has 0 radical (unpaired) electrons. The van der Waals surface area contributed by atoms with E-state index >= 15 is 0 Å². The molecule has 0 aromatic heterocycles. The van der Waals surface area contributed by atoms with E-state index < -0.39 is 10.7 Å². The molecule has 29 heavy (non-hydrogen) atoms. The van der Waals surface area contributed by atoms with Crippen LogP contribution in [0, 0.1) is 21.8 Å². The Balaban J connectivity index is 1.63. The minimum Gasteiger partial charge on any atom is -0.495 e. The number of hydrogen-bond acceptors (Lipinski definition) is 5. The molecule has 2 amide bonds. The number of ether oxygens (including phenoxy) is 1. The SMILES string of the molecule is COc1ccc([N+](=O)[O-])cc1NC(=O)C1CCN(C(=O)c2cccc(F)c2)CC1. The summed E-state index contributed by atoms with van der Waals surface area (Å²) in [5, 5.41) is 13.7. The van der Waals surface area contributed by atoms with Gasteiger partial charge < -0.3 is 15.0 Å². The zero-order valence-electron chi connectivity index (χ0n) is 15.8. The van der Waals surface area contributed by atoms with Gasteiger partial charge in [0, 0.05) is 36.7 Å². The van der Waals surface area contributed by atoms with E-state index in [1.165, 1.54) is 43.5 Å². The Morgan fingerprint density at radius 2 is 1.93 bits per heavy atom. The van der Waals surface area contributed by atoms with Gasteiger partial charge in [0.2, 0.25) is 5.91 Å². The highest BCUT2D eigenvalue weighted by atomic mass is 19.1. The minimum atomic E-state index is -0.550. The van der Waals surface area contributed by atoms with Crippen LogP contribution in [0.15, 0.2) is 42.5 Å². The summed E-state index contributed by atoms with van der Waals surface area (Å²) in [6.45, 7) is 0.721. The van der Waals surface area contributed by atoms with Crippen molar-refractivity contribution in [2.45, 2.75) is 12.8 Å². The summed E-state index contributed by atoms with van der Waals surface area (Å²) in [5.41, 5.74) is 0.343. The van der Waals surface area contributed by atoms with Crippen molar-refractivity contribution < 1.29 is 23.6 Å². The van der Waals surface area contributed by atoms with Crippen molar-refractivity contribution in [3.05, 3.63) is 64.0 Å². The highest BCUT2D eigenvalue weighted by molar-refractivity contribution is 5.96. The number of amides is 2. The first-order valence-electron chi connectivity index (χ1n) is 9.07. The molecule has 1 saturated heterocycles. The summed E-state index contributed by atoms with van der Waals surface area (Å²) >= 11 is 0. The van der Waals surface area contributed by atoms with Crippen LogP contribution in [0.1, 0.15) is 23.2 Å². The Bertz CT molecular complexity index is 941. The first-order valence-corrected chi connectivity index (χ1v) is 9.07. The number of methoxy groups -OCH3 is 1. The lowest BCUT2D eigenvalue weighted by molar-refractivity contribution is -0.384. The van der Waals surface area contributed by atoms with Crippen LogP contribution in [0.4, 0.5) is 15.8 Å². The number of nitro groups is 1. The van der Waals surface area contributed by atoms with Gasteiger partial charge in [-0.25, -0.2) is 4.39 Å². The van der Waals surface area contributed by atoms with Gasteiger partial charge in [-0.1, -0.05) is 6.07 Å². The highest BCUT2D eigenvalue weighted by Crippen LogP contribution is 2.30. The number of nitro benzene ring substituents is 1. The molecule has 0 unspecified atom stereocenters. The van der Waals surface area contributed by atoms with Crippen molar-refractivity contribution in [3.63, 3.8) is 0 Å². The van der Waals surface area contributed by atoms with Crippen molar-refractivity contribution >= 4 is 23.2 Å². The maximum Gasteiger partial charge on any atom is 0.271 e. The summed E-state index contributed by atoms with van der Waals surface area (Å²) in [6.07, 6.45) is 0.869. The molecule has 1 aliphatic heterocycles. The van der Waals surface area contributed by atoms with Gasteiger partial charge in [-0.3, -0.25) is 19.7 Å². The number of carbonyl (C=O) groups is 2. The molecule has 2 aromatic rings. The minimum absolute atomic E-state index is 0.156. The average molecular weight is 401 g/mol. The summed E-state index contributed by atoms with van der Waals surface area (Å²) < 4.78 is 18.5. The van der Waals surface area contributed by atoms with E-state index in [9.17, 15) is 24.1 Å². The Labute approximate surface area is 166 Å². The average Bonchev–Trinajstić information content (AvgIpc) is 2.73. The number of halogens is 1. The Hall–Kier alpha value is -3.49. The van der Waals surface area contributed by atoms with Gasteiger partial charge in [-0.2, -0.15) is 0 Å². The fourth-order valence-corrected chi connectivity index (χ4v) is 3.29. The van der Waals surface area contributed by atoms with Crippen LogP contribution >= 0.6 is 0 Å². The summed E-state index contributed by atoms with van der Waals surface area (Å²) in [5.74, 6) is -1.07. The van der Waals surface area contributed by atoms with Gasteiger partial charge in [0.1, 0.15) is 11.6 Å². The van der Waals surface area contributed by atoms with Crippen LogP contribution in [0.5, 0.6) is 5.75 Å². The molecule has 0 atom stereocenters. The number of nitrogens with one attached hydrogen (secondary N) is 1. The number of hydrogen-bond donors (Lipinski definition) is 1. The standard InChI is InChI=1S/C20H20FN3O5/c1-29-18-6-5-16(24(27)28)12-17(18)22-19(25)13-7-9-23(10-8-13)20(26)14-3-2-4-15(21)11-14/h2-6,11-13H,7-10H2,1H3,(H,22,25). The van der Waals surface area contributed by atoms with Crippen molar-refractivity contribution in [2.24, 2.45) is 5.92 Å². The molecule has 8 nitrogen and oxygen atoms in total. The molecular formula is C20H20FN3O5. The van der Waals surface area contributed by atoms with Gasteiger partial charge in [-0.05, 0) is 37.1 Å². The second-order valence-corrected chi connectivity index (χ2v) is 6.71. The molecular weight excluding hydrogens is 381 g/mol. The van der Waals surface area contributed by atoms with Crippen molar-refractivity contribution in [1.82, 2.24) is 4.90 Å². The molecule has 3 rings (SSSR count). The van der Waals surface area contributed by atoms with E-state index in [1.54, 1.807) is 11.0 Å². The Morgan fingerprint density at radius 1 is 1.21 bits per heavy atom. The van der Waals surface area contributed by atoms with Gasteiger partial charge in [0.25, 0.3) is 11.6 Å². The fourth-order valence-electron chi connectivity index (χ4n) is 3.29. The third-order valence-corrected chi connectivity index (χ3v) is 4.88. The summed E-state index contributed by atoms with van der Waals surface area (Å²) in [7, 11) is 1.41. The third-order valence-electron chi connectivity index (χ3n) is 4.88. The molecule has 152 valence electrons. The maximum atomic E-state index is 13.3. The van der Waals surface area contributed by atoms with E-state index in [-0.39, 0.29) is 34.7 Å². The Morgan fingerprint density at radius 3 is 2.55 bits per heavy atom. The molecule has 1 heterocycles. The molecule has 1 aliphatic rings. The molecule has 1 N–H and O–H groups in total. The van der Waals surface area contributed by atoms with Crippen LogP contribution in [0.25, 0.3) is 0 Å². The molecule has 0 saturated carbocycles.